The van der Waals surface area contributed by atoms with Gasteiger partial charge in [-0.15, -0.1) is 0 Å². The van der Waals surface area contributed by atoms with Crippen molar-refractivity contribution in [2.75, 3.05) is 26.9 Å². The number of carbonyl (C=O) groups is 1. The van der Waals surface area contributed by atoms with Gasteiger partial charge in [0.15, 0.2) is 0 Å². The lowest BCUT2D eigenvalue weighted by Crippen LogP contribution is -2.55. The van der Waals surface area contributed by atoms with Gasteiger partial charge >= 0.3 is 0 Å². The topological polar surface area (TPSA) is 76.2 Å². The molecule has 166 valence electrons. The first-order valence-electron chi connectivity index (χ1n) is 10.6. The number of rotatable bonds is 10. The Balaban J connectivity index is 1.50. The molecule has 1 aromatic rings. The Labute approximate surface area is 179 Å². The molecule has 0 spiro atoms. The molecule has 0 aromatic heterocycles. The molecule has 0 bridgehead atoms. The molecule has 0 N–H and O–H groups in total. The average Bonchev–Trinajstić information content (AvgIpc) is 3.16. The van der Waals surface area contributed by atoms with E-state index in [4.69, 9.17) is 8.92 Å². The molecule has 0 unspecified atom stereocenters. The number of hydrogen-bond donors (Lipinski definition) is 0. The quantitative estimate of drug-likeness (QED) is 0.414. The highest BCUT2D eigenvalue weighted by atomic mass is 32.2. The van der Waals surface area contributed by atoms with E-state index in [0.717, 1.165) is 44.2 Å². The lowest BCUT2D eigenvalue weighted by Gasteiger charge is -2.42. The number of unbranched alkanes of at least 4 members (excludes halogenated alkanes) is 1. The van der Waals surface area contributed by atoms with Crippen LogP contribution >= 0.6 is 0 Å². The number of ether oxygens (including phenoxy) is 1. The smallest absolute Gasteiger partial charge is 0.296 e. The van der Waals surface area contributed by atoms with E-state index in [1.54, 1.807) is 37.5 Å². The molecule has 2 heterocycles. The first-order chi connectivity index (χ1) is 14.4. The maximum atomic E-state index is 12.6. The van der Waals surface area contributed by atoms with Gasteiger partial charge in [0, 0.05) is 19.7 Å². The maximum absolute atomic E-state index is 12.6. The van der Waals surface area contributed by atoms with Gasteiger partial charge < -0.3 is 4.74 Å². The molecule has 0 aliphatic carbocycles. The van der Waals surface area contributed by atoms with Gasteiger partial charge in [0.05, 0.1) is 30.2 Å². The number of benzene rings is 1. The summed E-state index contributed by atoms with van der Waals surface area (Å²) in [4.78, 5) is 12.8. The van der Waals surface area contributed by atoms with Crippen LogP contribution in [0.1, 0.15) is 44.1 Å². The molecule has 30 heavy (non-hydrogen) atoms. The van der Waals surface area contributed by atoms with Crippen LogP contribution in [0.4, 0.5) is 0 Å². The van der Waals surface area contributed by atoms with Gasteiger partial charge in [-0.2, -0.15) is 8.42 Å². The van der Waals surface area contributed by atoms with Crippen molar-refractivity contribution >= 4 is 16.0 Å². The van der Waals surface area contributed by atoms with Gasteiger partial charge in [0.25, 0.3) is 16.0 Å². The molecule has 1 amide bonds. The van der Waals surface area contributed by atoms with Gasteiger partial charge in [0.2, 0.25) is 0 Å². The minimum absolute atomic E-state index is 0.0208. The van der Waals surface area contributed by atoms with Crippen LogP contribution in [0.5, 0.6) is 0 Å². The van der Waals surface area contributed by atoms with E-state index in [9.17, 15) is 13.2 Å². The summed E-state index contributed by atoms with van der Waals surface area (Å²) < 4.78 is 35.1. The Kier molecular flexibility index (Phi) is 8.05. The maximum Gasteiger partial charge on any atom is 0.296 e. The zero-order valence-electron chi connectivity index (χ0n) is 17.8. The molecular formula is C22H32N2O5S. The third kappa shape index (κ3) is 5.69. The number of nitrogens with zero attached hydrogens (tertiary/aromatic N) is 2. The van der Waals surface area contributed by atoms with E-state index in [2.05, 4.69) is 5.01 Å². The third-order valence-electron chi connectivity index (χ3n) is 5.70. The van der Waals surface area contributed by atoms with Crippen LogP contribution in [0, 0.1) is 6.92 Å². The van der Waals surface area contributed by atoms with Crippen LogP contribution in [0.3, 0.4) is 0 Å². The molecule has 1 fully saturated rings. The van der Waals surface area contributed by atoms with E-state index in [-0.39, 0.29) is 29.5 Å². The molecule has 1 aromatic carbocycles. The van der Waals surface area contributed by atoms with Crippen molar-refractivity contribution in [2.45, 2.75) is 62.4 Å². The fraction of sp³-hybridized carbons (Fsp3) is 0.591. The Bertz CT molecular complexity index is 838. The Hall–Kier alpha value is -1.74. The Morgan fingerprint density at radius 3 is 2.63 bits per heavy atom. The van der Waals surface area contributed by atoms with Gasteiger partial charge in [-0.3, -0.25) is 14.0 Å². The molecule has 3 rings (SSSR count). The second-order valence-corrected chi connectivity index (χ2v) is 9.59. The van der Waals surface area contributed by atoms with Gasteiger partial charge in [0.1, 0.15) is 0 Å². The molecule has 1 saturated heterocycles. The van der Waals surface area contributed by atoms with Crippen LogP contribution < -0.4 is 0 Å². The molecule has 0 radical (unpaired) electrons. The van der Waals surface area contributed by atoms with E-state index < -0.39 is 10.1 Å². The van der Waals surface area contributed by atoms with Crippen LogP contribution in [-0.2, 0) is 23.8 Å². The number of aryl methyl sites for hydroxylation is 1. The van der Waals surface area contributed by atoms with E-state index in [1.165, 1.54) is 0 Å². The first kappa shape index (κ1) is 22.9. The molecule has 2 atom stereocenters. The van der Waals surface area contributed by atoms with Crippen LogP contribution in [0.2, 0.25) is 0 Å². The molecular weight excluding hydrogens is 404 g/mol. The highest BCUT2D eigenvalue weighted by molar-refractivity contribution is 7.86. The molecule has 7 nitrogen and oxygen atoms in total. The van der Waals surface area contributed by atoms with Crippen molar-refractivity contribution < 1.29 is 22.1 Å². The van der Waals surface area contributed by atoms with Crippen LogP contribution in [-0.4, -0.2) is 63.3 Å². The van der Waals surface area contributed by atoms with E-state index in [1.807, 2.05) is 18.0 Å². The summed E-state index contributed by atoms with van der Waals surface area (Å²) >= 11 is 0. The summed E-state index contributed by atoms with van der Waals surface area (Å²) in [6.45, 7) is 3.53. The van der Waals surface area contributed by atoms with Crippen molar-refractivity contribution in [2.24, 2.45) is 0 Å². The lowest BCUT2D eigenvalue weighted by molar-refractivity contribution is -0.155. The predicted octanol–water partition coefficient (Wildman–Crippen LogP) is 3.05. The fourth-order valence-electron chi connectivity index (χ4n) is 4.15. The van der Waals surface area contributed by atoms with Crippen molar-refractivity contribution in [3.05, 3.63) is 42.0 Å². The number of amides is 1. The summed E-state index contributed by atoms with van der Waals surface area (Å²) in [6.07, 6.45) is 8.69. The summed E-state index contributed by atoms with van der Waals surface area (Å²) in [5, 5.41) is 4.07. The number of methoxy groups -OCH3 is 1. The van der Waals surface area contributed by atoms with Gasteiger partial charge in [-0.25, -0.2) is 5.01 Å². The van der Waals surface area contributed by atoms with Crippen molar-refractivity contribution in [1.82, 2.24) is 10.0 Å². The minimum Gasteiger partial charge on any atom is -0.383 e. The molecule has 2 aliphatic heterocycles. The zero-order chi connectivity index (χ0) is 21.6. The Morgan fingerprint density at radius 2 is 1.90 bits per heavy atom. The normalized spacial score (nSPS) is 22.7. The first-order valence-corrected chi connectivity index (χ1v) is 12.0. The number of hydrazine groups is 1. The minimum atomic E-state index is -3.73. The molecule has 8 heteroatoms. The second kappa shape index (κ2) is 10.5. The SMILES string of the molecule is COC[C@@H]1CCCN1N1C(=O)C=CC[C@@H]1CCCCOS(=O)(=O)c1ccc(C)cc1. The van der Waals surface area contributed by atoms with Crippen molar-refractivity contribution in [1.29, 1.82) is 0 Å². The van der Waals surface area contributed by atoms with Crippen LogP contribution in [0.25, 0.3) is 0 Å². The summed E-state index contributed by atoms with van der Waals surface area (Å²) in [6, 6.07) is 6.97. The summed E-state index contributed by atoms with van der Waals surface area (Å²) in [7, 11) is -2.04. The summed E-state index contributed by atoms with van der Waals surface area (Å²) in [5.74, 6) is 0.0208. The molecule has 0 saturated carbocycles. The standard InChI is InChI=1S/C22H32N2O5S/c1-18-11-13-21(14-12-18)30(26,27)29-16-4-3-7-19-8-5-10-22(25)24(19)23-15-6-9-20(23)17-28-2/h5,10-14,19-20H,3-4,6-9,15-17H2,1-2H3/t19-,20-/m0/s1. The Morgan fingerprint density at radius 1 is 1.13 bits per heavy atom. The van der Waals surface area contributed by atoms with Gasteiger partial charge in [-0.1, -0.05) is 23.8 Å². The predicted molar refractivity (Wildman–Crippen MR) is 114 cm³/mol. The molecule has 2 aliphatic rings. The fourth-order valence-corrected chi connectivity index (χ4v) is 5.09. The largest absolute Gasteiger partial charge is 0.383 e. The third-order valence-corrected chi connectivity index (χ3v) is 7.03. The second-order valence-electron chi connectivity index (χ2n) is 7.97. The van der Waals surface area contributed by atoms with Gasteiger partial charge in [-0.05, 0) is 57.6 Å². The van der Waals surface area contributed by atoms with Crippen molar-refractivity contribution in [3.8, 4) is 0 Å². The number of hydrogen-bond acceptors (Lipinski definition) is 6. The number of carbonyl (C=O) groups excluding carboxylic acids is 1. The van der Waals surface area contributed by atoms with E-state index >= 15 is 0 Å². The highest BCUT2D eigenvalue weighted by Crippen LogP contribution is 2.27. The average molecular weight is 437 g/mol. The monoisotopic (exact) mass is 436 g/mol. The van der Waals surface area contributed by atoms with Crippen LogP contribution in [0.15, 0.2) is 41.3 Å². The highest BCUT2D eigenvalue weighted by Gasteiger charge is 2.36. The van der Waals surface area contributed by atoms with Crippen molar-refractivity contribution in [3.63, 3.8) is 0 Å². The lowest BCUT2D eigenvalue weighted by atomic mass is 10.0. The summed E-state index contributed by atoms with van der Waals surface area (Å²) in [5.41, 5.74) is 1.00. The van der Waals surface area contributed by atoms with E-state index in [0.29, 0.717) is 13.0 Å². The zero-order valence-corrected chi connectivity index (χ0v) is 18.6.